The molecule has 3 aromatic rings. The number of furan rings is 1. The summed E-state index contributed by atoms with van der Waals surface area (Å²) >= 11 is 0. The number of hydrogen-bond donors (Lipinski definition) is 1. The molecule has 0 radical (unpaired) electrons. The zero-order valence-electron chi connectivity index (χ0n) is 9.90. The molecule has 0 aliphatic carbocycles. The third kappa shape index (κ3) is 1.49. The van der Waals surface area contributed by atoms with Crippen LogP contribution < -0.4 is 0 Å². The fraction of sp³-hybridized carbons (Fsp3) is 0.143. The molecule has 18 heavy (non-hydrogen) atoms. The number of aryl methyl sites for hydroxylation is 1. The van der Waals surface area contributed by atoms with Gasteiger partial charge in [0.05, 0.1) is 22.9 Å². The molecule has 2 heterocycles. The van der Waals surface area contributed by atoms with Crippen LogP contribution in [0.4, 0.5) is 0 Å². The maximum Gasteiger partial charge on any atom is 0.142 e. The highest BCUT2D eigenvalue weighted by Crippen LogP contribution is 2.26. The molecule has 0 fully saturated rings. The monoisotopic (exact) mass is 237 g/mol. The van der Waals surface area contributed by atoms with Gasteiger partial charge in [0.2, 0.25) is 0 Å². The maximum absolute atomic E-state index is 9.05. The number of nitriles is 1. The van der Waals surface area contributed by atoms with Gasteiger partial charge in [-0.3, -0.25) is 0 Å². The number of hydrogen-bond acceptors (Lipinski definition) is 3. The van der Waals surface area contributed by atoms with Crippen molar-refractivity contribution in [1.29, 1.82) is 5.26 Å². The number of fused-ring (bicyclic) bond motifs is 1. The van der Waals surface area contributed by atoms with Gasteiger partial charge >= 0.3 is 0 Å². The van der Waals surface area contributed by atoms with E-state index in [4.69, 9.17) is 9.68 Å². The largest absolute Gasteiger partial charge is 0.469 e. The van der Waals surface area contributed by atoms with E-state index in [2.05, 4.69) is 16.0 Å². The second-order valence-corrected chi connectivity index (χ2v) is 4.01. The second kappa shape index (κ2) is 4.04. The maximum atomic E-state index is 9.05. The molecule has 0 saturated heterocycles. The Kier molecular flexibility index (Phi) is 2.38. The Morgan fingerprint density at radius 1 is 1.39 bits per heavy atom. The lowest BCUT2D eigenvalue weighted by Crippen LogP contribution is -1.83. The number of rotatable bonds is 2. The van der Waals surface area contributed by atoms with Crippen molar-refractivity contribution in [2.75, 3.05) is 0 Å². The summed E-state index contributed by atoms with van der Waals surface area (Å²) in [7, 11) is 0. The van der Waals surface area contributed by atoms with Crippen molar-refractivity contribution in [3.8, 4) is 17.5 Å². The number of benzene rings is 1. The summed E-state index contributed by atoms with van der Waals surface area (Å²) in [6.07, 6.45) is 2.47. The van der Waals surface area contributed by atoms with Crippen LogP contribution in [0.15, 0.2) is 34.9 Å². The van der Waals surface area contributed by atoms with Crippen molar-refractivity contribution in [1.82, 2.24) is 9.97 Å². The lowest BCUT2D eigenvalue weighted by Gasteiger charge is -1.94. The quantitative estimate of drug-likeness (QED) is 0.743. The van der Waals surface area contributed by atoms with Crippen molar-refractivity contribution in [3.05, 3.63) is 41.9 Å². The average molecular weight is 237 g/mol. The molecule has 0 bridgehead atoms. The van der Waals surface area contributed by atoms with Gasteiger partial charge in [-0.05, 0) is 18.2 Å². The molecule has 3 rings (SSSR count). The Labute approximate surface area is 104 Å². The Hall–Kier alpha value is -2.54. The molecule has 4 heteroatoms. The molecule has 0 spiro atoms. The molecule has 0 saturated carbocycles. The van der Waals surface area contributed by atoms with Crippen LogP contribution in [0.1, 0.15) is 18.2 Å². The van der Waals surface area contributed by atoms with Crippen LogP contribution in [0.25, 0.3) is 22.4 Å². The summed E-state index contributed by atoms with van der Waals surface area (Å²) in [5, 5.41) is 9.05. The van der Waals surface area contributed by atoms with E-state index in [0.29, 0.717) is 11.1 Å². The molecule has 0 amide bonds. The number of aromatic amines is 1. The van der Waals surface area contributed by atoms with Crippen LogP contribution in [0.3, 0.4) is 0 Å². The van der Waals surface area contributed by atoms with Crippen LogP contribution in [-0.2, 0) is 6.42 Å². The molecule has 0 unspecified atom stereocenters. The number of nitrogens with zero attached hydrogens (tertiary/aromatic N) is 2. The van der Waals surface area contributed by atoms with Crippen molar-refractivity contribution in [3.63, 3.8) is 0 Å². The lowest BCUT2D eigenvalue weighted by molar-refractivity contribution is 0.517. The molecule has 2 aromatic heterocycles. The third-order valence-corrected chi connectivity index (χ3v) is 2.95. The summed E-state index contributed by atoms with van der Waals surface area (Å²) in [6.45, 7) is 2.03. The van der Waals surface area contributed by atoms with Gasteiger partial charge in [-0.1, -0.05) is 13.0 Å². The zero-order valence-corrected chi connectivity index (χ0v) is 9.90. The van der Waals surface area contributed by atoms with Gasteiger partial charge in [-0.25, -0.2) is 4.98 Å². The first-order valence-electron chi connectivity index (χ1n) is 5.79. The summed E-state index contributed by atoms with van der Waals surface area (Å²) in [5.41, 5.74) is 3.11. The Balaban J connectivity index is 2.23. The molecular formula is C14H11N3O. The van der Waals surface area contributed by atoms with Crippen LogP contribution in [0.2, 0.25) is 0 Å². The van der Waals surface area contributed by atoms with Gasteiger partial charge in [0.25, 0.3) is 0 Å². The van der Waals surface area contributed by atoms with Crippen molar-refractivity contribution < 1.29 is 4.42 Å². The van der Waals surface area contributed by atoms with Gasteiger partial charge in [-0.15, -0.1) is 0 Å². The van der Waals surface area contributed by atoms with E-state index in [0.717, 1.165) is 29.1 Å². The minimum absolute atomic E-state index is 0.580. The van der Waals surface area contributed by atoms with Gasteiger partial charge in [-0.2, -0.15) is 5.26 Å². The van der Waals surface area contributed by atoms with E-state index < -0.39 is 0 Å². The fourth-order valence-corrected chi connectivity index (χ4v) is 2.08. The first-order chi connectivity index (χ1) is 8.83. The summed E-state index contributed by atoms with van der Waals surface area (Å²) < 4.78 is 5.40. The average Bonchev–Trinajstić information content (AvgIpc) is 3.03. The van der Waals surface area contributed by atoms with E-state index in [9.17, 15) is 0 Å². The zero-order chi connectivity index (χ0) is 12.5. The Morgan fingerprint density at radius 2 is 2.28 bits per heavy atom. The topological polar surface area (TPSA) is 65.6 Å². The lowest BCUT2D eigenvalue weighted by atomic mass is 10.2. The molecule has 0 aliphatic heterocycles. The predicted molar refractivity (Wildman–Crippen MR) is 67.9 cm³/mol. The van der Waals surface area contributed by atoms with Crippen LogP contribution in [0.5, 0.6) is 0 Å². The highest BCUT2D eigenvalue weighted by Gasteiger charge is 2.13. The molecule has 1 N–H and O–H groups in total. The minimum atomic E-state index is 0.580. The van der Waals surface area contributed by atoms with E-state index in [-0.39, 0.29) is 0 Å². The number of nitrogens with one attached hydrogen (secondary N) is 1. The van der Waals surface area contributed by atoms with Crippen LogP contribution in [0, 0.1) is 11.3 Å². The van der Waals surface area contributed by atoms with E-state index in [1.165, 1.54) is 0 Å². The smallest absolute Gasteiger partial charge is 0.142 e. The Morgan fingerprint density at radius 3 is 3.06 bits per heavy atom. The number of H-pyrrole nitrogens is 1. The van der Waals surface area contributed by atoms with E-state index >= 15 is 0 Å². The third-order valence-electron chi connectivity index (χ3n) is 2.95. The second-order valence-electron chi connectivity index (χ2n) is 4.01. The molecule has 88 valence electrons. The van der Waals surface area contributed by atoms with E-state index in [1.807, 2.05) is 25.1 Å². The highest BCUT2D eigenvalue weighted by molar-refractivity contribution is 5.84. The molecule has 0 atom stereocenters. The fourth-order valence-electron chi connectivity index (χ4n) is 2.08. The Bertz CT molecular complexity index is 746. The minimum Gasteiger partial charge on any atom is -0.469 e. The molecule has 0 aliphatic rings. The van der Waals surface area contributed by atoms with Gasteiger partial charge in [0.15, 0.2) is 0 Å². The van der Waals surface area contributed by atoms with Crippen LogP contribution >= 0.6 is 0 Å². The summed E-state index contributed by atoms with van der Waals surface area (Å²) in [4.78, 5) is 7.72. The molecule has 4 nitrogen and oxygen atoms in total. The van der Waals surface area contributed by atoms with E-state index in [1.54, 1.807) is 12.3 Å². The first-order valence-corrected chi connectivity index (χ1v) is 5.79. The summed E-state index contributed by atoms with van der Waals surface area (Å²) in [6, 6.07) is 9.57. The standard InChI is InChI=1S/C14H11N3O/c1-2-12-10(6-7-18-12)14-16-11-5-3-4-9(8-15)13(11)17-14/h3-7H,2H2,1H3,(H,16,17). The van der Waals surface area contributed by atoms with Gasteiger partial charge in [0.1, 0.15) is 23.2 Å². The normalized spacial score (nSPS) is 10.7. The van der Waals surface area contributed by atoms with Gasteiger partial charge < -0.3 is 9.40 Å². The number of imidazole rings is 1. The van der Waals surface area contributed by atoms with Crippen LogP contribution in [-0.4, -0.2) is 9.97 Å². The van der Waals surface area contributed by atoms with Crippen molar-refractivity contribution in [2.24, 2.45) is 0 Å². The molecule has 1 aromatic carbocycles. The first kappa shape index (κ1) is 10.6. The highest BCUT2D eigenvalue weighted by atomic mass is 16.3. The predicted octanol–water partition coefficient (Wildman–Crippen LogP) is 3.26. The summed E-state index contributed by atoms with van der Waals surface area (Å²) in [5.74, 6) is 1.64. The SMILES string of the molecule is CCc1occc1-c1nc2c(C#N)cccc2[nH]1. The van der Waals surface area contributed by atoms with Crippen molar-refractivity contribution in [2.45, 2.75) is 13.3 Å². The number of aromatic nitrogens is 2. The van der Waals surface area contributed by atoms with Crippen molar-refractivity contribution >= 4 is 11.0 Å². The van der Waals surface area contributed by atoms with Gasteiger partial charge in [0, 0.05) is 6.42 Å². The number of para-hydroxylation sites is 1. The molecular weight excluding hydrogens is 226 g/mol.